The fourth-order valence-electron chi connectivity index (χ4n) is 3.73. The molecule has 32 heavy (non-hydrogen) atoms. The third-order valence-electron chi connectivity index (χ3n) is 5.45. The third kappa shape index (κ3) is 4.39. The summed E-state index contributed by atoms with van der Waals surface area (Å²) in [4.78, 5) is 19.0. The van der Waals surface area contributed by atoms with Gasteiger partial charge in [0.05, 0.1) is 11.6 Å². The number of urea groups is 1. The van der Waals surface area contributed by atoms with Gasteiger partial charge in [-0.05, 0) is 49.1 Å². The first kappa shape index (κ1) is 21.7. The van der Waals surface area contributed by atoms with Crippen molar-refractivity contribution in [2.24, 2.45) is 5.92 Å². The Kier molecular flexibility index (Phi) is 6.03. The van der Waals surface area contributed by atoms with Crippen LogP contribution in [0.5, 0.6) is 0 Å². The van der Waals surface area contributed by atoms with Crippen molar-refractivity contribution >= 4 is 11.6 Å². The molecule has 1 aliphatic heterocycles. The summed E-state index contributed by atoms with van der Waals surface area (Å²) in [5.74, 6) is -0.00869. The van der Waals surface area contributed by atoms with Gasteiger partial charge in [-0.15, -0.1) is 0 Å². The first-order valence-electron chi connectivity index (χ1n) is 10.5. The molecule has 1 N–H and O–H groups in total. The second-order valence-electron chi connectivity index (χ2n) is 8.20. The van der Waals surface area contributed by atoms with Crippen molar-refractivity contribution in [3.63, 3.8) is 0 Å². The minimum absolute atomic E-state index is 0.186. The molecule has 1 aliphatic rings. The normalized spacial score (nSPS) is 16.6. The van der Waals surface area contributed by atoms with E-state index in [1.165, 1.54) is 24.3 Å². The standard InChI is InChI=1S/C24H24F2N4O2/c1-14(2)10-11-30-15(3)20(21(27-24(30)31)16-6-4-8-18(25)12-16)23-28-22(29-32-23)17-7-5-9-19(26)13-17/h4-9,12-14,21H,10-11H2,1-3H3,(H,27,31). The van der Waals surface area contributed by atoms with Crippen molar-refractivity contribution in [2.75, 3.05) is 6.54 Å². The number of nitrogens with one attached hydrogen (secondary N) is 1. The van der Waals surface area contributed by atoms with Gasteiger partial charge >= 0.3 is 6.03 Å². The Morgan fingerprint density at radius 2 is 1.84 bits per heavy atom. The van der Waals surface area contributed by atoms with E-state index in [0.717, 1.165) is 6.42 Å². The predicted molar refractivity (Wildman–Crippen MR) is 116 cm³/mol. The molecule has 6 nitrogen and oxygen atoms in total. The molecular formula is C24H24F2N4O2. The van der Waals surface area contributed by atoms with E-state index >= 15 is 0 Å². The first-order valence-corrected chi connectivity index (χ1v) is 10.5. The molecule has 0 saturated heterocycles. The number of allylic oxidation sites excluding steroid dienone is 1. The highest BCUT2D eigenvalue weighted by molar-refractivity contribution is 5.86. The van der Waals surface area contributed by atoms with E-state index in [-0.39, 0.29) is 17.7 Å². The number of nitrogens with zero attached hydrogens (tertiary/aromatic N) is 3. The van der Waals surface area contributed by atoms with Gasteiger partial charge in [0.25, 0.3) is 5.89 Å². The van der Waals surface area contributed by atoms with Crippen LogP contribution in [0.25, 0.3) is 17.0 Å². The molecule has 166 valence electrons. The maximum absolute atomic E-state index is 14.0. The van der Waals surface area contributed by atoms with Gasteiger partial charge in [-0.2, -0.15) is 4.98 Å². The van der Waals surface area contributed by atoms with Crippen LogP contribution in [0.2, 0.25) is 0 Å². The van der Waals surface area contributed by atoms with E-state index in [4.69, 9.17) is 4.52 Å². The van der Waals surface area contributed by atoms with Crippen molar-refractivity contribution in [2.45, 2.75) is 33.2 Å². The monoisotopic (exact) mass is 438 g/mol. The van der Waals surface area contributed by atoms with Gasteiger partial charge in [0.1, 0.15) is 11.6 Å². The van der Waals surface area contributed by atoms with Crippen molar-refractivity contribution in [1.82, 2.24) is 20.4 Å². The fraction of sp³-hybridized carbons (Fsp3) is 0.292. The molecule has 0 radical (unpaired) electrons. The van der Waals surface area contributed by atoms with Crippen LogP contribution in [0.3, 0.4) is 0 Å². The number of rotatable bonds is 6. The predicted octanol–water partition coefficient (Wildman–Crippen LogP) is 5.56. The summed E-state index contributed by atoms with van der Waals surface area (Å²) >= 11 is 0. The molecule has 2 aromatic carbocycles. The van der Waals surface area contributed by atoms with Crippen molar-refractivity contribution in [3.8, 4) is 11.4 Å². The van der Waals surface area contributed by atoms with Gasteiger partial charge < -0.3 is 9.84 Å². The maximum atomic E-state index is 14.0. The summed E-state index contributed by atoms with van der Waals surface area (Å²) in [6.45, 7) is 6.49. The fourth-order valence-corrected chi connectivity index (χ4v) is 3.73. The van der Waals surface area contributed by atoms with Crippen LogP contribution >= 0.6 is 0 Å². The lowest BCUT2D eigenvalue weighted by molar-refractivity contribution is 0.202. The quantitative estimate of drug-likeness (QED) is 0.547. The molecule has 8 heteroatoms. The van der Waals surface area contributed by atoms with Gasteiger partial charge in [-0.3, -0.25) is 4.90 Å². The molecule has 3 aromatic rings. The average Bonchev–Trinajstić information content (AvgIpc) is 3.22. The summed E-state index contributed by atoms with van der Waals surface area (Å²) < 4.78 is 33.2. The van der Waals surface area contributed by atoms with Gasteiger partial charge in [0.2, 0.25) is 5.82 Å². The second-order valence-corrected chi connectivity index (χ2v) is 8.20. The third-order valence-corrected chi connectivity index (χ3v) is 5.45. The Labute approximate surface area is 184 Å². The summed E-state index contributed by atoms with van der Waals surface area (Å²) in [5, 5.41) is 6.95. The minimum Gasteiger partial charge on any atom is -0.334 e. The Bertz CT molecular complexity index is 1170. The van der Waals surface area contributed by atoms with Crippen molar-refractivity contribution in [3.05, 3.63) is 77.3 Å². The molecule has 2 amide bonds. The number of carbonyl (C=O) groups is 1. The van der Waals surface area contributed by atoms with Crippen LogP contribution in [0, 0.1) is 17.6 Å². The largest absolute Gasteiger partial charge is 0.334 e. The molecule has 1 atom stereocenters. The lowest BCUT2D eigenvalue weighted by Crippen LogP contribution is -2.46. The van der Waals surface area contributed by atoms with Gasteiger partial charge in [-0.1, -0.05) is 43.3 Å². The van der Waals surface area contributed by atoms with Crippen LogP contribution < -0.4 is 5.32 Å². The van der Waals surface area contributed by atoms with E-state index in [1.54, 1.807) is 29.2 Å². The van der Waals surface area contributed by atoms with Crippen LogP contribution in [0.1, 0.15) is 44.7 Å². The molecule has 2 heterocycles. The van der Waals surface area contributed by atoms with Crippen molar-refractivity contribution in [1.29, 1.82) is 0 Å². The van der Waals surface area contributed by atoms with Crippen LogP contribution in [-0.2, 0) is 0 Å². The summed E-state index contributed by atoms with van der Waals surface area (Å²) in [7, 11) is 0. The zero-order valence-corrected chi connectivity index (χ0v) is 18.1. The lowest BCUT2D eigenvalue weighted by atomic mass is 9.94. The highest BCUT2D eigenvalue weighted by Crippen LogP contribution is 2.37. The van der Waals surface area contributed by atoms with Gasteiger partial charge in [0, 0.05) is 17.8 Å². The molecule has 0 fully saturated rings. The first-order chi connectivity index (χ1) is 15.3. The molecule has 0 aliphatic carbocycles. The lowest BCUT2D eigenvalue weighted by Gasteiger charge is -2.35. The number of carbonyl (C=O) groups excluding carboxylic acids is 1. The number of benzene rings is 2. The molecule has 0 spiro atoms. The summed E-state index contributed by atoms with van der Waals surface area (Å²) in [6.07, 6.45) is 0.807. The van der Waals surface area contributed by atoms with Crippen molar-refractivity contribution < 1.29 is 18.1 Å². The molecule has 0 bridgehead atoms. The number of hydrogen-bond acceptors (Lipinski definition) is 4. The van der Waals surface area contributed by atoms with Gasteiger partial charge in [-0.25, -0.2) is 13.6 Å². The van der Waals surface area contributed by atoms with Crippen LogP contribution in [0.15, 0.2) is 58.8 Å². The van der Waals surface area contributed by atoms with E-state index in [1.807, 2.05) is 6.92 Å². The zero-order valence-electron chi connectivity index (χ0n) is 18.1. The van der Waals surface area contributed by atoms with E-state index < -0.39 is 17.7 Å². The SMILES string of the molecule is CC1=C(c2nc(-c3cccc(F)c3)no2)C(c2cccc(F)c2)NC(=O)N1CCC(C)C. The maximum Gasteiger partial charge on any atom is 0.322 e. The minimum atomic E-state index is -0.672. The molecule has 1 aromatic heterocycles. The average molecular weight is 438 g/mol. The molecular weight excluding hydrogens is 414 g/mol. The second kappa shape index (κ2) is 8.90. The summed E-state index contributed by atoms with van der Waals surface area (Å²) in [5.41, 5.74) is 2.26. The number of halogens is 2. The molecule has 4 rings (SSSR count). The van der Waals surface area contributed by atoms with Crippen LogP contribution in [-0.4, -0.2) is 27.6 Å². The molecule has 1 unspecified atom stereocenters. The Morgan fingerprint density at radius 3 is 2.53 bits per heavy atom. The highest BCUT2D eigenvalue weighted by Gasteiger charge is 2.35. The molecule has 0 saturated carbocycles. The zero-order chi connectivity index (χ0) is 22.8. The Hall–Kier alpha value is -3.55. The van der Waals surface area contributed by atoms with Crippen LogP contribution in [0.4, 0.5) is 13.6 Å². The van der Waals surface area contributed by atoms with E-state index in [9.17, 15) is 13.6 Å². The van der Waals surface area contributed by atoms with E-state index in [2.05, 4.69) is 29.3 Å². The van der Waals surface area contributed by atoms with E-state index in [0.29, 0.717) is 34.9 Å². The number of amides is 2. The summed E-state index contributed by atoms with van der Waals surface area (Å²) in [6, 6.07) is 11.0. The smallest absolute Gasteiger partial charge is 0.322 e. The number of hydrogen-bond donors (Lipinski definition) is 1. The topological polar surface area (TPSA) is 71.3 Å². The van der Waals surface area contributed by atoms with Gasteiger partial charge in [0.15, 0.2) is 0 Å². The Morgan fingerprint density at radius 1 is 1.12 bits per heavy atom. The number of aromatic nitrogens is 2. The highest BCUT2D eigenvalue weighted by atomic mass is 19.1. The Balaban J connectivity index is 1.80.